The molecule has 0 aliphatic heterocycles. The third kappa shape index (κ3) is 3.24. The topological polar surface area (TPSA) is 83.4 Å². The van der Waals surface area contributed by atoms with E-state index >= 15 is 0 Å². The van der Waals surface area contributed by atoms with Gasteiger partial charge in [-0.05, 0) is 29.3 Å². The summed E-state index contributed by atoms with van der Waals surface area (Å²) in [6, 6.07) is 6.31. The Morgan fingerprint density at radius 2 is 1.75 bits per heavy atom. The fourth-order valence-electron chi connectivity index (χ4n) is 1.56. The molecule has 8 heteroatoms. The van der Waals surface area contributed by atoms with E-state index in [-0.39, 0.29) is 22.5 Å². The van der Waals surface area contributed by atoms with Crippen molar-refractivity contribution in [3.05, 3.63) is 47.5 Å². The smallest absolute Gasteiger partial charge is 0.246 e. The van der Waals surface area contributed by atoms with E-state index in [1.54, 1.807) is 12.1 Å². The van der Waals surface area contributed by atoms with E-state index in [9.17, 15) is 13.5 Å². The summed E-state index contributed by atoms with van der Waals surface area (Å²) in [6.45, 7) is 0.172. The van der Waals surface area contributed by atoms with Crippen LogP contribution in [0.2, 0.25) is 5.28 Å². The van der Waals surface area contributed by atoms with Gasteiger partial charge in [-0.1, -0.05) is 12.1 Å². The van der Waals surface area contributed by atoms with Crippen molar-refractivity contribution in [1.29, 1.82) is 0 Å². The lowest BCUT2D eigenvalue weighted by Crippen LogP contribution is -2.26. The second kappa shape index (κ2) is 5.74. The average Bonchev–Trinajstić information content (AvgIpc) is 2.42. The molecule has 0 amide bonds. The Balaban J connectivity index is 2.21. The van der Waals surface area contributed by atoms with E-state index in [4.69, 9.17) is 11.6 Å². The molecule has 1 N–H and O–H groups in total. The second-order valence-corrected chi connectivity index (χ2v) is 6.50. The van der Waals surface area contributed by atoms with E-state index in [0.29, 0.717) is 0 Å². The standard InChI is InChI=1S/C12H12ClN3O3S/c1-16(8-9-2-4-10(17)5-3-9)20(18,19)11-6-14-12(13)15-7-11/h2-7,17H,8H2,1H3. The zero-order valence-corrected chi connectivity index (χ0v) is 12.1. The highest BCUT2D eigenvalue weighted by molar-refractivity contribution is 7.89. The minimum absolute atomic E-state index is 0.00913. The minimum Gasteiger partial charge on any atom is -0.508 e. The molecule has 2 aromatic rings. The largest absolute Gasteiger partial charge is 0.508 e. The van der Waals surface area contributed by atoms with Gasteiger partial charge in [0.05, 0.1) is 12.4 Å². The third-order valence-corrected chi connectivity index (χ3v) is 4.60. The fraction of sp³-hybridized carbons (Fsp3) is 0.167. The Morgan fingerprint density at radius 1 is 1.20 bits per heavy atom. The summed E-state index contributed by atoms with van der Waals surface area (Å²) in [5, 5.41) is 9.18. The van der Waals surface area contributed by atoms with Gasteiger partial charge in [0.2, 0.25) is 15.3 Å². The first-order valence-electron chi connectivity index (χ1n) is 5.61. The molecule has 0 saturated heterocycles. The molecule has 0 bridgehead atoms. The molecule has 0 saturated carbocycles. The number of phenolic OH excluding ortho intramolecular Hbond substituents is 1. The third-order valence-electron chi connectivity index (χ3n) is 2.65. The van der Waals surface area contributed by atoms with E-state index in [0.717, 1.165) is 18.0 Å². The average molecular weight is 314 g/mol. The van der Waals surface area contributed by atoms with Gasteiger partial charge < -0.3 is 5.11 Å². The number of rotatable bonds is 4. The number of sulfonamides is 1. The molecule has 2 rings (SSSR count). The van der Waals surface area contributed by atoms with Crippen molar-refractivity contribution in [3.63, 3.8) is 0 Å². The van der Waals surface area contributed by atoms with Crippen LogP contribution in [-0.4, -0.2) is 34.8 Å². The molecule has 1 aromatic carbocycles. The highest BCUT2D eigenvalue weighted by Crippen LogP contribution is 2.17. The molecule has 0 fully saturated rings. The van der Waals surface area contributed by atoms with Crippen LogP contribution in [0.4, 0.5) is 0 Å². The summed E-state index contributed by atoms with van der Waals surface area (Å²) < 4.78 is 25.7. The monoisotopic (exact) mass is 313 g/mol. The van der Waals surface area contributed by atoms with E-state index < -0.39 is 10.0 Å². The van der Waals surface area contributed by atoms with Crippen molar-refractivity contribution in [3.8, 4) is 5.75 Å². The first-order chi connectivity index (χ1) is 9.39. The molecule has 106 valence electrons. The molecule has 0 aliphatic carbocycles. The van der Waals surface area contributed by atoms with Crippen molar-refractivity contribution < 1.29 is 13.5 Å². The number of hydrogen-bond acceptors (Lipinski definition) is 5. The van der Waals surface area contributed by atoms with E-state index in [1.165, 1.54) is 23.5 Å². The summed E-state index contributed by atoms with van der Waals surface area (Å²) in [7, 11) is -2.22. The minimum atomic E-state index is -3.68. The number of phenols is 1. The molecule has 1 heterocycles. The van der Waals surface area contributed by atoms with Crippen molar-refractivity contribution in [2.75, 3.05) is 7.05 Å². The summed E-state index contributed by atoms with van der Waals surface area (Å²) >= 11 is 5.53. The van der Waals surface area contributed by atoms with Crippen molar-refractivity contribution in [2.45, 2.75) is 11.4 Å². The van der Waals surface area contributed by atoms with Crippen LogP contribution in [0.15, 0.2) is 41.6 Å². The lowest BCUT2D eigenvalue weighted by atomic mass is 10.2. The predicted molar refractivity (Wildman–Crippen MR) is 73.8 cm³/mol. The van der Waals surface area contributed by atoms with Crippen LogP contribution in [0.1, 0.15) is 5.56 Å². The van der Waals surface area contributed by atoms with Crippen LogP contribution in [0, 0.1) is 0 Å². The number of hydrogen-bond donors (Lipinski definition) is 1. The summed E-state index contributed by atoms with van der Waals surface area (Å²) in [5.41, 5.74) is 0.753. The maximum absolute atomic E-state index is 12.3. The first-order valence-corrected chi connectivity index (χ1v) is 7.43. The highest BCUT2D eigenvalue weighted by Gasteiger charge is 2.21. The van der Waals surface area contributed by atoms with Gasteiger partial charge in [-0.3, -0.25) is 0 Å². The Morgan fingerprint density at radius 3 is 2.30 bits per heavy atom. The lowest BCUT2D eigenvalue weighted by Gasteiger charge is -2.16. The zero-order valence-electron chi connectivity index (χ0n) is 10.6. The molecule has 0 atom stereocenters. The van der Waals surface area contributed by atoms with Gasteiger partial charge in [-0.25, -0.2) is 18.4 Å². The Hall–Kier alpha value is -1.70. The van der Waals surface area contributed by atoms with Gasteiger partial charge in [0, 0.05) is 13.6 Å². The van der Waals surface area contributed by atoms with Gasteiger partial charge >= 0.3 is 0 Å². The normalized spacial score (nSPS) is 11.8. The number of nitrogens with zero attached hydrogens (tertiary/aromatic N) is 3. The quantitative estimate of drug-likeness (QED) is 0.868. The molecule has 6 nitrogen and oxygen atoms in total. The highest BCUT2D eigenvalue weighted by atomic mass is 35.5. The fourth-order valence-corrected chi connectivity index (χ4v) is 2.71. The van der Waals surface area contributed by atoms with Crippen LogP contribution in [0.3, 0.4) is 0 Å². The van der Waals surface area contributed by atoms with Crippen LogP contribution in [-0.2, 0) is 16.6 Å². The van der Waals surface area contributed by atoms with Gasteiger partial charge in [0.1, 0.15) is 10.6 Å². The maximum Gasteiger partial charge on any atom is 0.246 e. The summed E-state index contributed by atoms with van der Waals surface area (Å²) in [5.74, 6) is 0.130. The number of aromatic nitrogens is 2. The lowest BCUT2D eigenvalue weighted by molar-refractivity contribution is 0.463. The molecular weight excluding hydrogens is 302 g/mol. The number of benzene rings is 1. The predicted octanol–water partition coefficient (Wildman–Crippen LogP) is 1.66. The number of aromatic hydroxyl groups is 1. The second-order valence-electron chi connectivity index (χ2n) is 4.12. The Labute approximate surface area is 121 Å². The molecule has 20 heavy (non-hydrogen) atoms. The van der Waals surface area contributed by atoms with Gasteiger partial charge in [-0.2, -0.15) is 4.31 Å². The summed E-state index contributed by atoms with van der Waals surface area (Å²) in [4.78, 5) is 7.30. The molecule has 0 aliphatic rings. The molecule has 0 unspecified atom stereocenters. The van der Waals surface area contributed by atoms with E-state index in [1.807, 2.05) is 0 Å². The molecule has 1 aromatic heterocycles. The van der Waals surface area contributed by atoms with Crippen LogP contribution >= 0.6 is 11.6 Å². The van der Waals surface area contributed by atoms with Crippen molar-refractivity contribution in [2.24, 2.45) is 0 Å². The maximum atomic E-state index is 12.3. The van der Waals surface area contributed by atoms with Crippen molar-refractivity contribution in [1.82, 2.24) is 14.3 Å². The van der Waals surface area contributed by atoms with Gasteiger partial charge in [0.25, 0.3) is 0 Å². The van der Waals surface area contributed by atoms with Crippen molar-refractivity contribution >= 4 is 21.6 Å². The van der Waals surface area contributed by atoms with Gasteiger partial charge in [0.15, 0.2) is 0 Å². The molecular formula is C12H12ClN3O3S. The summed E-state index contributed by atoms with van der Waals surface area (Å²) in [6.07, 6.45) is 2.33. The zero-order chi connectivity index (χ0) is 14.8. The SMILES string of the molecule is CN(Cc1ccc(O)cc1)S(=O)(=O)c1cnc(Cl)nc1. The first kappa shape index (κ1) is 14.7. The number of halogens is 1. The van der Waals surface area contributed by atoms with Gasteiger partial charge in [-0.15, -0.1) is 0 Å². The Kier molecular flexibility index (Phi) is 4.22. The van der Waals surface area contributed by atoms with Crippen LogP contribution in [0.25, 0.3) is 0 Å². The van der Waals surface area contributed by atoms with E-state index in [2.05, 4.69) is 9.97 Å². The van der Waals surface area contributed by atoms with Crippen LogP contribution in [0.5, 0.6) is 5.75 Å². The molecule has 0 radical (unpaired) electrons. The molecule has 0 spiro atoms. The Bertz CT molecular complexity index is 687. The van der Waals surface area contributed by atoms with Crippen LogP contribution < -0.4 is 0 Å².